The van der Waals surface area contributed by atoms with E-state index in [2.05, 4.69) is 6.58 Å². The van der Waals surface area contributed by atoms with Crippen LogP contribution < -0.4 is 0 Å². The highest BCUT2D eigenvalue weighted by atomic mass is 16.6. The van der Waals surface area contributed by atoms with E-state index in [0.29, 0.717) is 6.42 Å². The Morgan fingerprint density at radius 1 is 1.79 bits per heavy atom. The molecule has 1 aliphatic rings. The molecule has 0 aromatic carbocycles. The third kappa shape index (κ3) is 1.92. The first-order valence-corrected chi connectivity index (χ1v) is 4.53. The van der Waals surface area contributed by atoms with Gasteiger partial charge in [0.05, 0.1) is 5.92 Å². The van der Waals surface area contributed by atoms with Gasteiger partial charge in [0.1, 0.15) is 5.60 Å². The fourth-order valence-corrected chi connectivity index (χ4v) is 1.69. The Labute approximate surface area is 83.4 Å². The number of allylic oxidation sites excluding steroid dienone is 2. The van der Waals surface area contributed by atoms with Crippen LogP contribution in [0.3, 0.4) is 0 Å². The van der Waals surface area contributed by atoms with Crippen molar-refractivity contribution in [2.24, 2.45) is 5.92 Å². The highest BCUT2D eigenvalue weighted by Crippen LogP contribution is 2.33. The van der Waals surface area contributed by atoms with E-state index in [1.54, 1.807) is 19.1 Å². The van der Waals surface area contributed by atoms with E-state index in [0.717, 1.165) is 0 Å². The zero-order valence-corrected chi connectivity index (χ0v) is 8.45. The van der Waals surface area contributed by atoms with Gasteiger partial charge in [0, 0.05) is 6.92 Å². The Bertz CT molecular complexity index is 304. The van der Waals surface area contributed by atoms with E-state index in [-0.39, 0.29) is 17.7 Å². The van der Waals surface area contributed by atoms with Gasteiger partial charge in [0.2, 0.25) is 0 Å². The lowest BCUT2D eigenvalue weighted by Crippen LogP contribution is -2.37. The van der Waals surface area contributed by atoms with Gasteiger partial charge in [-0.25, -0.2) is 0 Å². The SMILES string of the molecule is C=CCC1C(=O)C=CC1(C)OC(C)=O. The number of ketones is 1. The summed E-state index contributed by atoms with van der Waals surface area (Å²) in [7, 11) is 0. The maximum absolute atomic E-state index is 11.4. The average Bonchev–Trinajstić information content (AvgIpc) is 2.32. The first-order chi connectivity index (χ1) is 6.49. The second kappa shape index (κ2) is 3.78. The maximum Gasteiger partial charge on any atom is 0.303 e. The summed E-state index contributed by atoms with van der Waals surface area (Å²) in [6.45, 7) is 6.66. The molecular weight excluding hydrogens is 180 g/mol. The van der Waals surface area contributed by atoms with E-state index < -0.39 is 5.60 Å². The van der Waals surface area contributed by atoms with Crippen molar-refractivity contribution < 1.29 is 14.3 Å². The zero-order chi connectivity index (χ0) is 10.8. The van der Waals surface area contributed by atoms with Crippen molar-refractivity contribution in [2.75, 3.05) is 0 Å². The Kier molecular flexibility index (Phi) is 2.89. The lowest BCUT2D eigenvalue weighted by atomic mass is 9.88. The second-order valence-corrected chi connectivity index (χ2v) is 3.59. The molecule has 0 saturated carbocycles. The summed E-state index contributed by atoms with van der Waals surface area (Å²) < 4.78 is 5.14. The molecule has 1 aliphatic carbocycles. The van der Waals surface area contributed by atoms with Crippen LogP contribution in [-0.4, -0.2) is 17.4 Å². The first kappa shape index (κ1) is 10.7. The minimum absolute atomic E-state index is 0.00588. The van der Waals surface area contributed by atoms with Gasteiger partial charge >= 0.3 is 5.97 Å². The molecule has 0 amide bonds. The molecule has 0 fully saturated rings. The first-order valence-electron chi connectivity index (χ1n) is 4.53. The lowest BCUT2D eigenvalue weighted by molar-refractivity contribution is -0.155. The van der Waals surface area contributed by atoms with E-state index in [4.69, 9.17) is 4.74 Å². The summed E-state index contributed by atoms with van der Waals surface area (Å²) in [6.07, 6.45) is 5.30. The van der Waals surface area contributed by atoms with Crippen molar-refractivity contribution in [3.63, 3.8) is 0 Å². The standard InChI is InChI=1S/C11H14O3/c1-4-5-9-10(13)6-7-11(9,3)14-8(2)12/h4,6-7,9H,1,5H2,2-3H3. The molecule has 0 aromatic heterocycles. The third-order valence-electron chi connectivity index (χ3n) is 2.38. The quantitative estimate of drug-likeness (QED) is 0.506. The van der Waals surface area contributed by atoms with Gasteiger partial charge in [0.25, 0.3) is 0 Å². The van der Waals surface area contributed by atoms with Crippen LogP contribution in [0, 0.1) is 5.92 Å². The third-order valence-corrected chi connectivity index (χ3v) is 2.38. The van der Waals surface area contributed by atoms with Crippen molar-refractivity contribution in [2.45, 2.75) is 25.9 Å². The summed E-state index contributed by atoms with van der Waals surface area (Å²) in [6, 6.07) is 0. The molecule has 1 rings (SSSR count). The van der Waals surface area contributed by atoms with E-state index in [1.807, 2.05) is 0 Å². The molecule has 0 radical (unpaired) electrons. The number of hydrogen-bond acceptors (Lipinski definition) is 3. The monoisotopic (exact) mass is 194 g/mol. The van der Waals surface area contributed by atoms with Gasteiger partial charge in [-0.05, 0) is 25.5 Å². The van der Waals surface area contributed by atoms with E-state index >= 15 is 0 Å². The molecule has 0 bridgehead atoms. The minimum Gasteiger partial charge on any atom is -0.454 e. The minimum atomic E-state index is -0.795. The summed E-state index contributed by atoms with van der Waals surface area (Å²) in [5, 5.41) is 0. The van der Waals surface area contributed by atoms with Crippen LogP contribution in [0.25, 0.3) is 0 Å². The molecule has 0 saturated heterocycles. The molecular formula is C11H14O3. The molecule has 76 valence electrons. The zero-order valence-electron chi connectivity index (χ0n) is 8.45. The predicted octanol–water partition coefficient (Wildman–Crippen LogP) is 1.64. The van der Waals surface area contributed by atoms with Crippen molar-refractivity contribution >= 4 is 11.8 Å². The Hall–Kier alpha value is -1.38. The number of rotatable bonds is 3. The molecule has 0 spiro atoms. The summed E-state index contributed by atoms with van der Waals surface area (Å²) in [5.74, 6) is -0.696. The molecule has 0 N–H and O–H groups in total. The van der Waals surface area contributed by atoms with E-state index in [1.165, 1.54) is 13.0 Å². The highest BCUT2D eigenvalue weighted by Gasteiger charge is 2.42. The van der Waals surface area contributed by atoms with Crippen LogP contribution in [-0.2, 0) is 14.3 Å². The van der Waals surface area contributed by atoms with Crippen molar-refractivity contribution in [3.8, 4) is 0 Å². The number of hydrogen-bond donors (Lipinski definition) is 0. The summed E-state index contributed by atoms with van der Waals surface area (Å²) >= 11 is 0. The van der Waals surface area contributed by atoms with Gasteiger partial charge in [-0.1, -0.05) is 6.08 Å². The molecule has 0 heterocycles. The van der Waals surface area contributed by atoms with Crippen molar-refractivity contribution in [1.82, 2.24) is 0 Å². The Balaban J connectivity index is 2.85. The van der Waals surface area contributed by atoms with Crippen LogP contribution in [0.5, 0.6) is 0 Å². The maximum atomic E-state index is 11.4. The summed E-state index contributed by atoms with van der Waals surface area (Å²) in [4.78, 5) is 22.3. The fraction of sp³-hybridized carbons (Fsp3) is 0.455. The Morgan fingerprint density at radius 3 is 2.93 bits per heavy atom. The number of carbonyl (C=O) groups excluding carboxylic acids is 2. The van der Waals surface area contributed by atoms with Crippen molar-refractivity contribution in [3.05, 3.63) is 24.8 Å². The topological polar surface area (TPSA) is 43.4 Å². The van der Waals surface area contributed by atoms with Crippen molar-refractivity contribution in [1.29, 1.82) is 0 Å². The van der Waals surface area contributed by atoms with Crippen LogP contribution >= 0.6 is 0 Å². The molecule has 3 nitrogen and oxygen atoms in total. The predicted molar refractivity (Wildman–Crippen MR) is 52.6 cm³/mol. The van der Waals surface area contributed by atoms with Gasteiger partial charge in [-0.15, -0.1) is 6.58 Å². The largest absolute Gasteiger partial charge is 0.454 e. The normalized spacial score (nSPS) is 30.4. The van der Waals surface area contributed by atoms with Crippen LogP contribution in [0.1, 0.15) is 20.3 Å². The highest BCUT2D eigenvalue weighted by molar-refractivity contribution is 5.96. The number of carbonyl (C=O) groups is 2. The van der Waals surface area contributed by atoms with Gasteiger partial charge in [0.15, 0.2) is 5.78 Å². The molecule has 2 unspecified atom stereocenters. The van der Waals surface area contributed by atoms with Crippen LogP contribution in [0.15, 0.2) is 24.8 Å². The molecule has 0 aromatic rings. The fourth-order valence-electron chi connectivity index (χ4n) is 1.69. The smallest absolute Gasteiger partial charge is 0.303 e. The van der Waals surface area contributed by atoms with E-state index in [9.17, 15) is 9.59 Å². The number of ether oxygens (including phenoxy) is 1. The molecule has 0 aliphatic heterocycles. The van der Waals surface area contributed by atoms with Gasteiger partial charge in [-0.2, -0.15) is 0 Å². The number of esters is 1. The van der Waals surface area contributed by atoms with Gasteiger partial charge in [-0.3, -0.25) is 9.59 Å². The van der Waals surface area contributed by atoms with Gasteiger partial charge < -0.3 is 4.74 Å². The molecule has 2 atom stereocenters. The molecule has 14 heavy (non-hydrogen) atoms. The average molecular weight is 194 g/mol. The molecule has 3 heteroatoms. The lowest BCUT2D eigenvalue weighted by Gasteiger charge is -2.28. The Morgan fingerprint density at radius 2 is 2.43 bits per heavy atom. The van der Waals surface area contributed by atoms with Crippen LogP contribution in [0.4, 0.5) is 0 Å². The second-order valence-electron chi connectivity index (χ2n) is 3.59. The van der Waals surface area contributed by atoms with Crippen LogP contribution in [0.2, 0.25) is 0 Å². The summed E-state index contributed by atoms with van der Waals surface area (Å²) in [5.41, 5.74) is -0.795.